The van der Waals surface area contributed by atoms with E-state index in [2.05, 4.69) is 0 Å². The summed E-state index contributed by atoms with van der Waals surface area (Å²) in [5, 5.41) is 0. The number of hydrogen-bond acceptors (Lipinski definition) is 2. The fourth-order valence-corrected chi connectivity index (χ4v) is 2.98. The molecule has 0 aromatic heterocycles. The smallest absolute Gasteiger partial charge is 0.207 e. The van der Waals surface area contributed by atoms with E-state index < -0.39 is 62.0 Å². The summed E-state index contributed by atoms with van der Waals surface area (Å²) in [7, 11) is -4.77. The van der Waals surface area contributed by atoms with Crippen LogP contribution in [0, 0.1) is 23.3 Å². The first-order valence-electron chi connectivity index (χ1n) is 6.43. The molecule has 0 heterocycles. The van der Waals surface area contributed by atoms with Crippen LogP contribution in [-0.2, 0) is 22.7 Å². The molecule has 11 heteroatoms. The predicted octanol–water partition coefficient (Wildman–Crippen LogP) is 3.74. The minimum absolute atomic E-state index is 0.359. The fraction of sp³-hybridized carbons (Fsp3) is 0.143. The topological polar surface area (TPSA) is 46.2 Å². The Kier molecular flexibility index (Phi) is 5.09. The second-order valence-electron chi connectivity index (χ2n) is 4.77. The minimum Gasteiger partial charge on any atom is -0.207 e. The highest BCUT2D eigenvalue weighted by Crippen LogP contribution is 2.32. The molecule has 0 aliphatic rings. The molecule has 0 fully saturated rings. The Labute approximate surface area is 137 Å². The van der Waals surface area contributed by atoms with Crippen molar-refractivity contribution in [2.45, 2.75) is 17.6 Å². The molecule has 0 bridgehead atoms. The monoisotopic (exact) mass is 387 g/mol. The molecule has 3 nitrogen and oxygen atoms in total. The fourth-order valence-electron chi connectivity index (χ4n) is 1.90. The van der Waals surface area contributed by atoms with Crippen LogP contribution in [0.1, 0.15) is 11.1 Å². The lowest BCUT2D eigenvalue weighted by Crippen LogP contribution is -2.25. The van der Waals surface area contributed by atoms with Gasteiger partial charge in [0.1, 0.15) is 10.7 Å². The predicted molar refractivity (Wildman–Crippen MR) is 71.7 cm³/mol. The number of hydrogen-bond donors (Lipinski definition) is 1. The molecule has 0 saturated heterocycles. The Morgan fingerprint density at radius 3 is 2.12 bits per heavy atom. The number of alkyl halides is 3. The van der Waals surface area contributed by atoms with E-state index in [-0.39, 0.29) is 0 Å². The van der Waals surface area contributed by atoms with Gasteiger partial charge in [-0.3, -0.25) is 0 Å². The van der Waals surface area contributed by atoms with Crippen molar-refractivity contribution in [3.63, 3.8) is 0 Å². The van der Waals surface area contributed by atoms with Crippen LogP contribution in [0.25, 0.3) is 0 Å². The van der Waals surface area contributed by atoms with Crippen LogP contribution in [0.2, 0.25) is 0 Å². The molecule has 136 valence electrons. The first-order valence-corrected chi connectivity index (χ1v) is 7.91. The molecule has 1 N–H and O–H groups in total. The van der Waals surface area contributed by atoms with Gasteiger partial charge in [0.15, 0.2) is 17.5 Å². The number of nitrogens with one attached hydrogen (secondary N) is 1. The van der Waals surface area contributed by atoms with E-state index in [1.165, 1.54) is 0 Å². The van der Waals surface area contributed by atoms with Gasteiger partial charge in [0.25, 0.3) is 0 Å². The van der Waals surface area contributed by atoms with Crippen molar-refractivity contribution in [1.82, 2.24) is 4.72 Å². The largest absolute Gasteiger partial charge is 0.419 e. The van der Waals surface area contributed by atoms with Gasteiger partial charge in [0, 0.05) is 12.1 Å². The quantitative estimate of drug-likeness (QED) is 0.642. The molecular formula is C14H8F7NO2S. The van der Waals surface area contributed by atoms with Crippen molar-refractivity contribution in [3.05, 3.63) is 64.7 Å². The molecule has 0 saturated carbocycles. The van der Waals surface area contributed by atoms with Crippen molar-refractivity contribution in [3.8, 4) is 0 Å². The van der Waals surface area contributed by atoms with Gasteiger partial charge in [-0.2, -0.15) is 13.2 Å². The minimum atomic E-state index is -4.99. The average Bonchev–Trinajstić information content (AvgIpc) is 2.50. The average molecular weight is 387 g/mol. The van der Waals surface area contributed by atoms with Crippen LogP contribution in [0.5, 0.6) is 0 Å². The summed E-state index contributed by atoms with van der Waals surface area (Å²) in [6.45, 7) is -0.962. The SMILES string of the molecule is O=S(=O)(NCc1cccc(C(F)(F)F)c1F)c1ccc(F)c(F)c1F. The second kappa shape index (κ2) is 6.64. The Bertz CT molecular complexity index is 910. The van der Waals surface area contributed by atoms with Gasteiger partial charge in [-0.1, -0.05) is 12.1 Å². The summed E-state index contributed by atoms with van der Waals surface area (Å²) in [6, 6.07) is 2.99. The van der Waals surface area contributed by atoms with Gasteiger partial charge in [-0.15, -0.1) is 0 Å². The van der Waals surface area contributed by atoms with Crippen LogP contribution in [0.3, 0.4) is 0 Å². The van der Waals surface area contributed by atoms with Crippen LogP contribution >= 0.6 is 0 Å². The third kappa shape index (κ3) is 3.93. The van der Waals surface area contributed by atoms with Gasteiger partial charge < -0.3 is 0 Å². The third-order valence-electron chi connectivity index (χ3n) is 3.13. The summed E-state index contributed by atoms with van der Waals surface area (Å²) in [5.74, 6) is -7.37. The summed E-state index contributed by atoms with van der Waals surface area (Å²) in [5.41, 5.74) is -2.27. The molecule has 0 amide bonds. The Balaban J connectivity index is 2.32. The van der Waals surface area contributed by atoms with Crippen molar-refractivity contribution >= 4 is 10.0 Å². The molecular weight excluding hydrogens is 379 g/mol. The van der Waals surface area contributed by atoms with E-state index in [9.17, 15) is 39.2 Å². The zero-order chi connectivity index (χ0) is 19.0. The first-order chi connectivity index (χ1) is 11.4. The lowest BCUT2D eigenvalue weighted by molar-refractivity contribution is -0.140. The molecule has 0 unspecified atom stereocenters. The first kappa shape index (κ1) is 19.2. The Morgan fingerprint density at radius 1 is 0.880 bits per heavy atom. The van der Waals surface area contributed by atoms with Gasteiger partial charge in [-0.25, -0.2) is 30.7 Å². The van der Waals surface area contributed by atoms with Gasteiger partial charge in [0.05, 0.1) is 5.56 Å². The normalized spacial score (nSPS) is 12.4. The second-order valence-corrected chi connectivity index (χ2v) is 6.51. The van der Waals surface area contributed by atoms with Gasteiger partial charge in [-0.05, 0) is 18.2 Å². The summed E-state index contributed by atoms with van der Waals surface area (Å²) < 4.78 is 116. The third-order valence-corrected chi connectivity index (χ3v) is 4.54. The zero-order valence-electron chi connectivity index (χ0n) is 12.0. The molecule has 0 atom stereocenters. The summed E-state index contributed by atoms with van der Waals surface area (Å²) in [4.78, 5) is -1.27. The Morgan fingerprint density at radius 2 is 1.52 bits per heavy atom. The highest BCUT2D eigenvalue weighted by Gasteiger charge is 2.35. The number of halogens is 7. The van der Waals surface area contributed by atoms with Crippen molar-refractivity contribution in [2.75, 3.05) is 0 Å². The maximum Gasteiger partial charge on any atom is 0.419 e. The van der Waals surface area contributed by atoms with E-state index in [1.54, 1.807) is 4.72 Å². The molecule has 2 rings (SSSR count). The molecule has 0 radical (unpaired) electrons. The van der Waals surface area contributed by atoms with E-state index in [0.717, 1.165) is 12.1 Å². The van der Waals surface area contributed by atoms with Gasteiger partial charge in [0.2, 0.25) is 10.0 Å². The Hall–Kier alpha value is -2.14. The van der Waals surface area contributed by atoms with E-state index in [1.807, 2.05) is 0 Å². The molecule has 0 spiro atoms. The van der Waals surface area contributed by atoms with E-state index in [4.69, 9.17) is 0 Å². The molecule has 2 aromatic carbocycles. The summed E-state index contributed by atoms with van der Waals surface area (Å²) in [6.07, 6.45) is -4.99. The van der Waals surface area contributed by atoms with Gasteiger partial charge >= 0.3 is 6.18 Å². The highest BCUT2D eigenvalue weighted by atomic mass is 32.2. The number of benzene rings is 2. The van der Waals surface area contributed by atoms with Crippen LogP contribution in [0.4, 0.5) is 30.7 Å². The number of rotatable bonds is 4. The molecule has 2 aromatic rings. The van der Waals surface area contributed by atoms with Crippen LogP contribution in [-0.4, -0.2) is 8.42 Å². The zero-order valence-corrected chi connectivity index (χ0v) is 12.8. The lowest BCUT2D eigenvalue weighted by atomic mass is 10.1. The van der Waals surface area contributed by atoms with Crippen LogP contribution < -0.4 is 4.72 Å². The van der Waals surface area contributed by atoms with Crippen LogP contribution in [0.15, 0.2) is 35.2 Å². The van der Waals surface area contributed by atoms with E-state index in [0.29, 0.717) is 18.2 Å². The standard InChI is InChI=1S/C14H8F7NO2S/c15-9-4-5-10(13(18)12(9)17)25(23,24)22-6-7-2-1-3-8(11(7)16)14(19,20)21/h1-5,22H,6H2. The summed E-state index contributed by atoms with van der Waals surface area (Å²) >= 11 is 0. The van der Waals surface area contributed by atoms with Crippen molar-refractivity contribution in [2.24, 2.45) is 0 Å². The van der Waals surface area contributed by atoms with Crippen molar-refractivity contribution in [1.29, 1.82) is 0 Å². The highest BCUT2D eigenvalue weighted by molar-refractivity contribution is 7.89. The molecule has 0 aliphatic heterocycles. The molecule has 0 aliphatic carbocycles. The van der Waals surface area contributed by atoms with E-state index >= 15 is 0 Å². The number of sulfonamides is 1. The van der Waals surface area contributed by atoms with Crippen molar-refractivity contribution < 1.29 is 39.2 Å². The molecule has 25 heavy (non-hydrogen) atoms. The lowest BCUT2D eigenvalue weighted by Gasteiger charge is -2.12. The maximum atomic E-state index is 13.8. The maximum absolute atomic E-state index is 13.8.